The normalized spacial score (nSPS) is 12.4. The summed E-state index contributed by atoms with van der Waals surface area (Å²) < 4.78 is 9.50. The molecular weight excluding hydrogens is 184 g/mol. The average Bonchev–Trinajstić information content (AvgIpc) is 2.71. The van der Waals surface area contributed by atoms with Gasteiger partial charge in [-0.3, -0.25) is 10.1 Å². The molecule has 0 aliphatic heterocycles. The van der Waals surface area contributed by atoms with E-state index >= 15 is 0 Å². The Labute approximate surface area is 82.4 Å². The van der Waals surface area contributed by atoms with Gasteiger partial charge in [-0.05, 0) is 6.42 Å². The van der Waals surface area contributed by atoms with Gasteiger partial charge in [0.1, 0.15) is 11.8 Å². The minimum Gasteiger partial charge on any atom is -0.468 e. The van der Waals surface area contributed by atoms with Crippen molar-refractivity contribution in [1.29, 1.82) is 0 Å². The first-order valence-corrected chi connectivity index (χ1v) is 4.48. The number of hydrogen-bond acceptors (Lipinski definition) is 5. The van der Waals surface area contributed by atoms with Gasteiger partial charge >= 0.3 is 5.97 Å². The number of hydrogen-bond donors (Lipinski definition) is 1. The molecule has 0 aliphatic rings. The number of nitrogens with zero attached hydrogens (tertiary/aromatic N) is 1. The second-order valence-electron chi connectivity index (χ2n) is 2.84. The molecule has 1 rings (SSSR count). The van der Waals surface area contributed by atoms with Crippen molar-refractivity contribution in [2.45, 2.75) is 25.9 Å². The summed E-state index contributed by atoms with van der Waals surface area (Å²) in [5, 5.41) is 6.57. The first-order valence-electron chi connectivity index (χ1n) is 4.48. The fraction of sp³-hybridized carbons (Fsp3) is 0.556. The number of carbonyl (C=O) groups excluding carboxylic acids is 1. The molecule has 0 saturated carbocycles. The van der Waals surface area contributed by atoms with Crippen LogP contribution in [0, 0.1) is 0 Å². The molecule has 5 heteroatoms. The third-order valence-electron chi connectivity index (χ3n) is 1.91. The molecule has 0 aromatic carbocycles. The first-order chi connectivity index (χ1) is 6.77. The Morgan fingerprint density at radius 1 is 1.79 bits per heavy atom. The van der Waals surface area contributed by atoms with Crippen LogP contribution < -0.4 is 5.32 Å². The second kappa shape index (κ2) is 5.39. The second-order valence-corrected chi connectivity index (χ2v) is 2.84. The molecule has 5 nitrogen and oxygen atoms in total. The molecular formula is C9H14N2O3. The molecule has 1 aromatic heterocycles. The third kappa shape index (κ3) is 2.85. The predicted octanol–water partition coefficient (Wildman–Crippen LogP) is 0.716. The molecule has 0 saturated heterocycles. The van der Waals surface area contributed by atoms with Crippen molar-refractivity contribution in [2.75, 3.05) is 7.11 Å². The zero-order valence-electron chi connectivity index (χ0n) is 8.32. The van der Waals surface area contributed by atoms with Crippen LogP contribution in [0.4, 0.5) is 0 Å². The molecule has 1 unspecified atom stereocenters. The molecule has 0 bridgehead atoms. The van der Waals surface area contributed by atoms with E-state index in [-0.39, 0.29) is 12.0 Å². The monoisotopic (exact) mass is 198 g/mol. The van der Waals surface area contributed by atoms with Crippen LogP contribution in [0.5, 0.6) is 0 Å². The summed E-state index contributed by atoms with van der Waals surface area (Å²) in [6, 6.07) is 1.46. The van der Waals surface area contributed by atoms with E-state index in [1.807, 2.05) is 6.92 Å². The molecule has 1 aromatic rings. The fourth-order valence-electron chi connectivity index (χ4n) is 1.09. The van der Waals surface area contributed by atoms with Crippen LogP contribution in [0.1, 0.15) is 19.1 Å². The van der Waals surface area contributed by atoms with E-state index in [1.165, 1.54) is 7.11 Å². The summed E-state index contributed by atoms with van der Waals surface area (Å²) in [7, 11) is 1.38. The van der Waals surface area contributed by atoms with Gasteiger partial charge in [0.25, 0.3) is 0 Å². The van der Waals surface area contributed by atoms with Crippen LogP contribution in [0.25, 0.3) is 0 Å². The smallest absolute Gasteiger partial charge is 0.322 e. The molecule has 14 heavy (non-hydrogen) atoms. The summed E-state index contributed by atoms with van der Waals surface area (Å²) in [6.45, 7) is 2.39. The maximum Gasteiger partial charge on any atom is 0.322 e. The van der Waals surface area contributed by atoms with Gasteiger partial charge in [0.15, 0.2) is 0 Å². The minimum absolute atomic E-state index is 0.257. The van der Waals surface area contributed by atoms with Crippen molar-refractivity contribution in [3.05, 3.63) is 18.0 Å². The Morgan fingerprint density at radius 3 is 3.07 bits per heavy atom. The lowest BCUT2D eigenvalue weighted by molar-refractivity contribution is -0.143. The minimum atomic E-state index is -0.287. The average molecular weight is 198 g/mol. The molecule has 0 fully saturated rings. The molecule has 0 amide bonds. The molecule has 0 aliphatic carbocycles. The number of ether oxygens (including phenoxy) is 1. The Hall–Kier alpha value is -1.36. The Bertz CT molecular complexity index is 272. The predicted molar refractivity (Wildman–Crippen MR) is 49.4 cm³/mol. The van der Waals surface area contributed by atoms with Gasteiger partial charge in [0.05, 0.1) is 19.9 Å². The maximum absolute atomic E-state index is 11.2. The van der Waals surface area contributed by atoms with Crippen LogP contribution in [-0.4, -0.2) is 24.3 Å². The van der Waals surface area contributed by atoms with Crippen LogP contribution in [0.2, 0.25) is 0 Å². The van der Waals surface area contributed by atoms with Crippen molar-refractivity contribution >= 4 is 5.97 Å². The van der Waals surface area contributed by atoms with Crippen LogP contribution in [0.3, 0.4) is 0 Å². The fourth-order valence-corrected chi connectivity index (χ4v) is 1.09. The molecule has 0 radical (unpaired) electrons. The van der Waals surface area contributed by atoms with Crippen LogP contribution in [0.15, 0.2) is 16.8 Å². The lowest BCUT2D eigenvalue weighted by Gasteiger charge is -2.12. The van der Waals surface area contributed by atoms with Gasteiger partial charge in [-0.25, -0.2) is 0 Å². The van der Waals surface area contributed by atoms with E-state index < -0.39 is 0 Å². The Kier molecular flexibility index (Phi) is 4.12. The highest BCUT2D eigenvalue weighted by atomic mass is 16.5. The van der Waals surface area contributed by atoms with Crippen LogP contribution in [-0.2, 0) is 16.1 Å². The van der Waals surface area contributed by atoms with Crippen molar-refractivity contribution in [3.63, 3.8) is 0 Å². The topological polar surface area (TPSA) is 64.4 Å². The number of rotatable bonds is 5. The van der Waals surface area contributed by atoms with E-state index in [0.29, 0.717) is 18.7 Å². The lowest BCUT2D eigenvalue weighted by Crippen LogP contribution is -2.36. The summed E-state index contributed by atoms with van der Waals surface area (Å²) in [4.78, 5) is 11.2. The van der Waals surface area contributed by atoms with E-state index in [4.69, 9.17) is 4.52 Å². The number of nitrogens with one attached hydrogen (secondary N) is 1. The molecule has 1 atom stereocenters. The molecule has 78 valence electrons. The van der Waals surface area contributed by atoms with E-state index in [0.717, 1.165) is 0 Å². The molecule has 1 N–H and O–H groups in total. The van der Waals surface area contributed by atoms with E-state index in [2.05, 4.69) is 15.2 Å². The highest BCUT2D eigenvalue weighted by Gasteiger charge is 2.16. The van der Waals surface area contributed by atoms with E-state index in [1.54, 1.807) is 12.3 Å². The van der Waals surface area contributed by atoms with Gasteiger partial charge in [0.2, 0.25) is 0 Å². The largest absolute Gasteiger partial charge is 0.468 e. The summed E-state index contributed by atoms with van der Waals surface area (Å²) >= 11 is 0. The Morgan fingerprint density at radius 2 is 2.57 bits per heavy atom. The van der Waals surface area contributed by atoms with Crippen molar-refractivity contribution in [1.82, 2.24) is 10.5 Å². The van der Waals surface area contributed by atoms with Gasteiger partial charge in [-0.1, -0.05) is 12.1 Å². The quantitative estimate of drug-likeness (QED) is 0.706. The summed E-state index contributed by atoms with van der Waals surface area (Å²) in [5.41, 5.74) is 0. The SMILES string of the molecule is CCC(NCc1ccno1)C(=O)OC. The van der Waals surface area contributed by atoms with Gasteiger partial charge < -0.3 is 9.26 Å². The zero-order valence-corrected chi connectivity index (χ0v) is 8.32. The van der Waals surface area contributed by atoms with Gasteiger partial charge in [0, 0.05) is 6.07 Å². The zero-order chi connectivity index (χ0) is 10.4. The first kappa shape index (κ1) is 10.7. The summed E-state index contributed by atoms with van der Waals surface area (Å²) in [5.74, 6) is 0.444. The lowest BCUT2D eigenvalue weighted by atomic mass is 10.2. The standard InChI is InChI=1S/C9H14N2O3/c1-3-8(9(12)13-2)10-6-7-4-5-11-14-7/h4-5,8,10H,3,6H2,1-2H3. The molecule has 1 heterocycles. The van der Waals surface area contributed by atoms with Crippen molar-refractivity contribution < 1.29 is 14.1 Å². The number of carbonyl (C=O) groups is 1. The molecule has 0 spiro atoms. The third-order valence-corrected chi connectivity index (χ3v) is 1.91. The number of methoxy groups -OCH3 is 1. The highest BCUT2D eigenvalue weighted by molar-refractivity contribution is 5.75. The highest BCUT2D eigenvalue weighted by Crippen LogP contribution is 1.99. The van der Waals surface area contributed by atoms with E-state index in [9.17, 15) is 4.79 Å². The number of esters is 1. The summed E-state index contributed by atoms with van der Waals surface area (Å²) in [6.07, 6.45) is 2.25. The maximum atomic E-state index is 11.2. The van der Waals surface area contributed by atoms with Crippen molar-refractivity contribution in [2.24, 2.45) is 0 Å². The van der Waals surface area contributed by atoms with Crippen molar-refractivity contribution in [3.8, 4) is 0 Å². The number of aromatic nitrogens is 1. The Balaban J connectivity index is 2.38. The van der Waals surface area contributed by atoms with Gasteiger partial charge in [-0.2, -0.15) is 0 Å². The van der Waals surface area contributed by atoms with Crippen LogP contribution >= 0.6 is 0 Å². The van der Waals surface area contributed by atoms with Gasteiger partial charge in [-0.15, -0.1) is 0 Å².